The molecule has 0 spiro atoms. The molecule has 17 heavy (non-hydrogen) atoms. The van der Waals surface area contributed by atoms with Gasteiger partial charge in [0.1, 0.15) is 5.78 Å². The second kappa shape index (κ2) is 2.00. The van der Waals surface area contributed by atoms with Gasteiger partial charge < -0.3 is 4.74 Å². The Morgan fingerprint density at radius 1 is 1.12 bits per heavy atom. The van der Waals surface area contributed by atoms with Crippen LogP contribution in [0.15, 0.2) is 12.7 Å². The molecule has 6 saturated carbocycles. The fraction of sp³-hybridized carbons (Fsp3) is 0.714. The largest absolute Gasteiger partial charge is 0.469 e. The summed E-state index contributed by atoms with van der Waals surface area (Å²) in [4.78, 5) is 24.1. The number of ketones is 1. The van der Waals surface area contributed by atoms with Gasteiger partial charge in [0.15, 0.2) is 0 Å². The minimum Gasteiger partial charge on any atom is -0.469 e. The topological polar surface area (TPSA) is 43.4 Å². The molecule has 0 atom stereocenters. The lowest BCUT2D eigenvalue weighted by Crippen LogP contribution is -3.12. The van der Waals surface area contributed by atoms with Crippen molar-refractivity contribution in [2.75, 3.05) is 7.11 Å². The van der Waals surface area contributed by atoms with E-state index in [2.05, 4.69) is 6.58 Å². The van der Waals surface area contributed by atoms with E-state index < -0.39 is 0 Å². The number of rotatable bonds is 4. The lowest BCUT2D eigenvalue weighted by Gasteiger charge is -3.09. The summed E-state index contributed by atoms with van der Waals surface area (Å²) in [7, 11) is 1.49. The van der Waals surface area contributed by atoms with E-state index in [-0.39, 0.29) is 16.8 Å². The van der Waals surface area contributed by atoms with Crippen molar-refractivity contribution >= 4 is 11.8 Å². The Kier molecular flexibility index (Phi) is 1.05. The Morgan fingerprint density at radius 2 is 1.59 bits per heavy atom. The van der Waals surface area contributed by atoms with Gasteiger partial charge in [0, 0.05) is 11.8 Å². The van der Waals surface area contributed by atoms with Crippen molar-refractivity contribution in [1.29, 1.82) is 0 Å². The van der Waals surface area contributed by atoms with Gasteiger partial charge in [0.2, 0.25) is 0 Å². The normalized spacial score (nSPS) is 65.0. The highest BCUT2D eigenvalue weighted by Crippen LogP contribution is 3.10. The van der Waals surface area contributed by atoms with Crippen LogP contribution in [0.2, 0.25) is 0 Å². The zero-order valence-electron chi connectivity index (χ0n) is 9.68. The third-order valence-corrected chi connectivity index (χ3v) is 6.98. The van der Waals surface area contributed by atoms with Crippen LogP contribution >= 0.6 is 0 Å². The second-order valence-electron chi connectivity index (χ2n) is 6.43. The van der Waals surface area contributed by atoms with Crippen LogP contribution in [0.25, 0.3) is 0 Å². The van der Waals surface area contributed by atoms with Crippen molar-refractivity contribution in [3.63, 3.8) is 0 Å². The first-order valence-corrected chi connectivity index (χ1v) is 6.42. The highest BCUT2D eigenvalue weighted by atomic mass is 16.5. The molecule has 0 aromatic heterocycles. The number of hydrogen-bond donors (Lipinski definition) is 0. The Balaban J connectivity index is 1.49. The maximum absolute atomic E-state index is 12.2. The predicted octanol–water partition coefficient (Wildman–Crippen LogP) is 1.04. The van der Waals surface area contributed by atoms with Gasteiger partial charge in [-0.15, -0.1) is 6.58 Å². The van der Waals surface area contributed by atoms with E-state index in [1.807, 2.05) is 0 Å². The van der Waals surface area contributed by atoms with Crippen molar-refractivity contribution in [3.05, 3.63) is 12.7 Å². The molecular weight excluding hydrogens is 216 g/mol. The Bertz CT molecular complexity index is 464. The fourth-order valence-corrected chi connectivity index (χ4v) is 6.98. The number of hydrogen-bond acceptors (Lipinski definition) is 3. The zero-order valence-corrected chi connectivity index (χ0v) is 9.68. The standard InChI is InChI=1S/C14H14O3/c1-3-4-5(15)13-6-9-7(13)11-8(13)10(6)14(9,11)12(16)17-2/h3,6-11H,1,4H2,2H3. The number of carbonyl (C=O) groups excluding carboxylic acids is 2. The van der Waals surface area contributed by atoms with Crippen molar-refractivity contribution in [2.24, 2.45) is 46.3 Å². The number of esters is 1. The monoisotopic (exact) mass is 230 g/mol. The predicted molar refractivity (Wildman–Crippen MR) is 57.6 cm³/mol. The Morgan fingerprint density at radius 3 is 2.00 bits per heavy atom. The van der Waals surface area contributed by atoms with E-state index in [1.165, 1.54) is 7.11 Å². The van der Waals surface area contributed by atoms with Crippen LogP contribution in [-0.4, -0.2) is 18.9 Å². The zero-order chi connectivity index (χ0) is 11.7. The molecule has 0 unspecified atom stereocenters. The van der Waals surface area contributed by atoms with E-state index >= 15 is 0 Å². The highest BCUT2D eigenvalue weighted by Gasteiger charge is 3.12. The van der Waals surface area contributed by atoms with Gasteiger partial charge in [0.25, 0.3) is 0 Å². The van der Waals surface area contributed by atoms with Crippen molar-refractivity contribution in [3.8, 4) is 0 Å². The van der Waals surface area contributed by atoms with E-state index in [4.69, 9.17) is 4.74 Å². The maximum atomic E-state index is 12.2. The van der Waals surface area contributed by atoms with E-state index in [0.717, 1.165) is 0 Å². The van der Waals surface area contributed by atoms with Crippen LogP contribution in [-0.2, 0) is 14.3 Å². The van der Waals surface area contributed by atoms with Gasteiger partial charge in [-0.3, -0.25) is 9.59 Å². The van der Waals surface area contributed by atoms with Crippen LogP contribution in [0, 0.1) is 46.3 Å². The number of carbonyl (C=O) groups is 2. The minimum absolute atomic E-state index is 0.00530. The van der Waals surface area contributed by atoms with Crippen LogP contribution in [0.1, 0.15) is 6.42 Å². The summed E-state index contributed by atoms with van der Waals surface area (Å²) >= 11 is 0. The molecule has 0 bridgehead atoms. The first-order valence-electron chi connectivity index (χ1n) is 6.42. The van der Waals surface area contributed by atoms with Crippen LogP contribution in [0.4, 0.5) is 0 Å². The summed E-state index contributed by atoms with van der Waals surface area (Å²) in [6.45, 7) is 3.66. The van der Waals surface area contributed by atoms with Gasteiger partial charge in [-0.25, -0.2) is 0 Å². The summed E-state index contributed by atoms with van der Waals surface area (Å²) in [5.74, 6) is 3.52. The molecule has 0 amide bonds. The number of ether oxygens (including phenoxy) is 1. The maximum Gasteiger partial charge on any atom is 0.312 e. The smallest absolute Gasteiger partial charge is 0.312 e. The first-order chi connectivity index (χ1) is 8.19. The van der Waals surface area contributed by atoms with Crippen LogP contribution in [0.5, 0.6) is 0 Å². The van der Waals surface area contributed by atoms with E-state index in [0.29, 0.717) is 47.7 Å². The molecule has 88 valence electrons. The molecule has 6 aliphatic rings. The Labute approximate surface area is 99.2 Å². The van der Waals surface area contributed by atoms with Gasteiger partial charge in [-0.1, -0.05) is 6.08 Å². The third kappa shape index (κ3) is 0.429. The SMILES string of the molecule is C=CCC(=O)C12C3C4C1C1C2C3C41C(=O)OC. The fourth-order valence-electron chi connectivity index (χ4n) is 6.98. The number of methoxy groups -OCH3 is 1. The van der Waals surface area contributed by atoms with Crippen molar-refractivity contribution in [2.45, 2.75) is 6.42 Å². The molecule has 0 saturated heterocycles. The molecule has 6 fully saturated rings. The molecule has 0 aromatic rings. The molecule has 6 aliphatic carbocycles. The third-order valence-electron chi connectivity index (χ3n) is 6.98. The summed E-state index contributed by atoms with van der Waals surface area (Å²) in [5.41, 5.74) is -0.0884. The van der Waals surface area contributed by atoms with Crippen molar-refractivity contribution < 1.29 is 14.3 Å². The molecule has 0 heterocycles. The molecular formula is C14H14O3. The summed E-state index contributed by atoms with van der Waals surface area (Å²) in [5, 5.41) is 0. The molecule has 3 heteroatoms. The lowest BCUT2D eigenvalue weighted by atomic mass is 8.92. The lowest BCUT2D eigenvalue weighted by molar-refractivity contribution is -0.626. The van der Waals surface area contributed by atoms with Gasteiger partial charge in [-0.2, -0.15) is 0 Å². The van der Waals surface area contributed by atoms with Gasteiger partial charge in [-0.05, 0) is 35.5 Å². The second-order valence-corrected chi connectivity index (χ2v) is 6.43. The molecule has 6 rings (SSSR count). The molecule has 0 aliphatic heterocycles. The summed E-state index contributed by atoms with van der Waals surface area (Å²) in [6, 6.07) is 0. The molecule has 3 nitrogen and oxygen atoms in total. The number of allylic oxidation sites excluding steroid dienone is 1. The molecule has 0 N–H and O–H groups in total. The van der Waals surface area contributed by atoms with Gasteiger partial charge >= 0.3 is 5.97 Å². The van der Waals surface area contributed by atoms with Crippen LogP contribution < -0.4 is 0 Å². The average molecular weight is 230 g/mol. The highest BCUT2D eigenvalue weighted by molar-refractivity contribution is 6.00. The summed E-state index contributed by atoms with van der Waals surface area (Å²) < 4.78 is 4.96. The van der Waals surface area contributed by atoms with Crippen molar-refractivity contribution in [1.82, 2.24) is 0 Å². The van der Waals surface area contributed by atoms with E-state index in [9.17, 15) is 9.59 Å². The Hall–Kier alpha value is -1.12. The quantitative estimate of drug-likeness (QED) is 0.535. The molecule has 0 radical (unpaired) electrons. The number of Topliss-reactive ketones (excluding diaryl/α,β-unsaturated/α-hetero) is 1. The van der Waals surface area contributed by atoms with Gasteiger partial charge in [0.05, 0.1) is 12.5 Å². The van der Waals surface area contributed by atoms with E-state index in [1.54, 1.807) is 6.08 Å². The molecule has 0 aromatic carbocycles. The average Bonchev–Trinajstić information content (AvgIpc) is 2.37. The minimum atomic E-state index is -0.106. The summed E-state index contributed by atoms with van der Waals surface area (Å²) in [6.07, 6.45) is 2.24. The first kappa shape index (κ1) is 8.90. The van der Waals surface area contributed by atoms with Crippen LogP contribution in [0.3, 0.4) is 0 Å².